The van der Waals surface area contributed by atoms with Gasteiger partial charge in [0.2, 0.25) is 0 Å². The molecule has 20 heavy (non-hydrogen) atoms. The second-order valence-corrected chi connectivity index (χ2v) is 7.85. The van der Waals surface area contributed by atoms with Crippen LogP contribution in [0.3, 0.4) is 0 Å². The summed E-state index contributed by atoms with van der Waals surface area (Å²) in [5.74, 6) is 1.68. The van der Waals surface area contributed by atoms with Gasteiger partial charge >= 0.3 is 0 Å². The highest BCUT2D eigenvalue weighted by molar-refractivity contribution is 9.10. The minimum absolute atomic E-state index is 0.586. The zero-order chi connectivity index (χ0) is 14.7. The smallest absolute Gasteiger partial charge is 0.0501 e. The number of halogens is 2. The average molecular weight is 359 g/mol. The highest BCUT2D eigenvalue weighted by Crippen LogP contribution is 2.34. The topological polar surface area (TPSA) is 12.0 Å². The van der Waals surface area contributed by atoms with Gasteiger partial charge in [-0.2, -0.15) is 0 Å². The maximum atomic E-state index is 6.24. The van der Waals surface area contributed by atoms with E-state index in [1.165, 1.54) is 32.1 Å². The van der Waals surface area contributed by atoms with Crippen LogP contribution in [0.25, 0.3) is 0 Å². The molecule has 1 saturated carbocycles. The van der Waals surface area contributed by atoms with Crippen molar-refractivity contribution in [3.63, 3.8) is 0 Å². The quantitative estimate of drug-likeness (QED) is 0.654. The van der Waals surface area contributed by atoms with Gasteiger partial charge in [-0.1, -0.05) is 38.3 Å². The molecule has 1 nitrogen and oxygen atoms in total. The lowest BCUT2D eigenvalue weighted by atomic mass is 9.81. The molecule has 2 atom stereocenters. The molecule has 1 aromatic carbocycles. The molecule has 0 amide bonds. The van der Waals surface area contributed by atoms with Crippen molar-refractivity contribution in [3.8, 4) is 0 Å². The van der Waals surface area contributed by atoms with E-state index in [0.717, 1.165) is 32.6 Å². The fourth-order valence-corrected chi connectivity index (χ4v) is 4.02. The summed E-state index contributed by atoms with van der Waals surface area (Å²) in [6.07, 6.45) is 6.65. The lowest BCUT2D eigenvalue weighted by molar-refractivity contribution is 0.289. The van der Waals surface area contributed by atoms with Crippen LogP contribution in [0.4, 0.5) is 5.69 Å². The Morgan fingerprint density at radius 3 is 2.80 bits per heavy atom. The van der Waals surface area contributed by atoms with Gasteiger partial charge in [-0.25, -0.2) is 0 Å². The predicted octanol–water partition coefficient (Wildman–Crippen LogP) is 6.43. The minimum atomic E-state index is 0.586. The molecule has 0 aliphatic heterocycles. The van der Waals surface area contributed by atoms with Crippen molar-refractivity contribution in [1.29, 1.82) is 0 Å². The van der Waals surface area contributed by atoms with Crippen LogP contribution in [0.15, 0.2) is 16.6 Å². The summed E-state index contributed by atoms with van der Waals surface area (Å²) in [5, 5.41) is 4.53. The molecule has 2 unspecified atom stereocenters. The number of rotatable bonds is 4. The van der Waals surface area contributed by atoms with Crippen LogP contribution in [0.1, 0.15) is 51.5 Å². The summed E-state index contributed by atoms with van der Waals surface area (Å²) in [7, 11) is 0. The molecule has 0 radical (unpaired) electrons. The molecule has 0 saturated heterocycles. The molecule has 1 N–H and O–H groups in total. The second-order valence-electron chi connectivity index (χ2n) is 6.58. The van der Waals surface area contributed by atoms with Crippen LogP contribution in [0.2, 0.25) is 5.02 Å². The Labute approximate surface area is 136 Å². The largest absolute Gasteiger partial charge is 0.381 e. The zero-order valence-corrected chi connectivity index (χ0v) is 15.0. The van der Waals surface area contributed by atoms with Crippen LogP contribution < -0.4 is 5.32 Å². The third-order valence-corrected chi connectivity index (χ3v) is 5.26. The maximum absolute atomic E-state index is 6.24. The van der Waals surface area contributed by atoms with E-state index in [1.807, 2.05) is 13.0 Å². The molecular formula is C17H25BrClN. The Kier molecular flexibility index (Phi) is 5.80. The summed E-state index contributed by atoms with van der Waals surface area (Å²) in [4.78, 5) is 0. The first-order chi connectivity index (χ1) is 9.45. The first kappa shape index (κ1) is 16.2. The molecule has 0 bridgehead atoms. The minimum Gasteiger partial charge on any atom is -0.381 e. The van der Waals surface area contributed by atoms with E-state index < -0.39 is 0 Å². The van der Waals surface area contributed by atoms with Gasteiger partial charge in [0.15, 0.2) is 0 Å². The predicted molar refractivity (Wildman–Crippen MR) is 92.7 cm³/mol. The van der Waals surface area contributed by atoms with Crippen LogP contribution in [-0.2, 0) is 0 Å². The number of anilines is 1. The molecule has 3 heteroatoms. The fraction of sp³-hybridized carbons (Fsp3) is 0.647. The highest BCUT2D eigenvalue weighted by atomic mass is 79.9. The van der Waals surface area contributed by atoms with Gasteiger partial charge in [0.05, 0.1) is 5.69 Å². The van der Waals surface area contributed by atoms with E-state index in [2.05, 4.69) is 41.2 Å². The van der Waals surface area contributed by atoms with Crippen molar-refractivity contribution in [2.45, 2.75) is 58.9 Å². The molecule has 1 aliphatic rings. The van der Waals surface area contributed by atoms with E-state index >= 15 is 0 Å². The average Bonchev–Trinajstić information content (AvgIpc) is 2.35. The third kappa shape index (κ3) is 4.39. The second kappa shape index (κ2) is 7.17. The summed E-state index contributed by atoms with van der Waals surface area (Å²) < 4.78 is 1.12. The van der Waals surface area contributed by atoms with Crippen molar-refractivity contribution in [2.75, 3.05) is 5.32 Å². The standard InChI is InChI=1S/C17H25BrClN/c1-11(2)7-13-5-4-6-14(9-13)20-17-10-16(19)12(3)8-15(17)18/h8,10-11,13-14,20H,4-7,9H2,1-3H3. The number of benzene rings is 1. The summed E-state index contributed by atoms with van der Waals surface area (Å²) >= 11 is 9.88. The van der Waals surface area contributed by atoms with Crippen molar-refractivity contribution in [3.05, 3.63) is 27.2 Å². The van der Waals surface area contributed by atoms with E-state index in [4.69, 9.17) is 11.6 Å². The van der Waals surface area contributed by atoms with Crippen molar-refractivity contribution in [2.24, 2.45) is 11.8 Å². The normalized spacial score (nSPS) is 23.1. The SMILES string of the molecule is Cc1cc(Br)c(NC2CCCC(CC(C)C)C2)cc1Cl. The summed E-state index contributed by atoms with van der Waals surface area (Å²) in [6.45, 7) is 6.69. The molecule has 112 valence electrons. The van der Waals surface area contributed by atoms with Gasteiger partial charge in [0, 0.05) is 15.5 Å². The van der Waals surface area contributed by atoms with Crippen LogP contribution in [0, 0.1) is 18.8 Å². The first-order valence-corrected chi connectivity index (χ1v) is 8.85. The van der Waals surface area contributed by atoms with E-state index in [-0.39, 0.29) is 0 Å². The van der Waals surface area contributed by atoms with Crippen LogP contribution in [-0.4, -0.2) is 6.04 Å². The highest BCUT2D eigenvalue weighted by Gasteiger charge is 2.23. The fourth-order valence-electron chi connectivity index (χ4n) is 3.28. The Morgan fingerprint density at radius 2 is 2.10 bits per heavy atom. The summed E-state index contributed by atoms with van der Waals surface area (Å²) in [6, 6.07) is 4.73. The Balaban J connectivity index is 2.01. The van der Waals surface area contributed by atoms with E-state index in [0.29, 0.717) is 6.04 Å². The number of nitrogens with one attached hydrogen (secondary N) is 1. The summed E-state index contributed by atoms with van der Waals surface area (Å²) in [5.41, 5.74) is 2.25. The third-order valence-electron chi connectivity index (χ3n) is 4.20. The van der Waals surface area contributed by atoms with Gasteiger partial charge in [-0.05, 0) is 71.6 Å². The molecule has 2 rings (SSSR count). The van der Waals surface area contributed by atoms with E-state index in [9.17, 15) is 0 Å². The Hall–Kier alpha value is -0.210. The Morgan fingerprint density at radius 1 is 1.35 bits per heavy atom. The number of hydrogen-bond acceptors (Lipinski definition) is 1. The van der Waals surface area contributed by atoms with Crippen molar-refractivity contribution in [1.82, 2.24) is 0 Å². The molecule has 1 fully saturated rings. The molecule has 0 aromatic heterocycles. The van der Waals surface area contributed by atoms with Gasteiger partial charge in [0.25, 0.3) is 0 Å². The number of aryl methyl sites for hydroxylation is 1. The number of hydrogen-bond donors (Lipinski definition) is 1. The Bertz CT molecular complexity index is 459. The van der Waals surface area contributed by atoms with Gasteiger partial charge in [-0.15, -0.1) is 0 Å². The first-order valence-electron chi connectivity index (χ1n) is 7.68. The van der Waals surface area contributed by atoms with Crippen LogP contribution in [0.5, 0.6) is 0 Å². The molecule has 0 heterocycles. The van der Waals surface area contributed by atoms with Gasteiger partial charge in [-0.3, -0.25) is 0 Å². The molecule has 1 aromatic rings. The van der Waals surface area contributed by atoms with Crippen molar-refractivity contribution < 1.29 is 0 Å². The van der Waals surface area contributed by atoms with E-state index in [1.54, 1.807) is 0 Å². The molecule has 1 aliphatic carbocycles. The monoisotopic (exact) mass is 357 g/mol. The molecular weight excluding hydrogens is 334 g/mol. The van der Waals surface area contributed by atoms with Gasteiger partial charge in [0.1, 0.15) is 0 Å². The van der Waals surface area contributed by atoms with Gasteiger partial charge < -0.3 is 5.32 Å². The van der Waals surface area contributed by atoms with Crippen LogP contribution >= 0.6 is 27.5 Å². The lowest BCUT2D eigenvalue weighted by Gasteiger charge is -2.31. The molecule has 0 spiro atoms. The van der Waals surface area contributed by atoms with Crippen molar-refractivity contribution >= 4 is 33.2 Å². The zero-order valence-electron chi connectivity index (χ0n) is 12.7. The lowest BCUT2D eigenvalue weighted by Crippen LogP contribution is -2.28. The maximum Gasteiger partial charge on any atom is 0.0501 e.